The van der Waals surface area contributed by atoms with E-state index in [2.05, 4.69) is 19.9 Å². The Balaban J connectivity index is 1.85. The molecule has 3 aliphatic rings. The number of ether oxygens (including phenoxy) is 1. The molecule has 2 aromatic carbocycles. The Hall–Kier alpha value is -3.85. The van der Waals surface area contributed by atoms with Gasteiger partial charge in [0.25, 0.3) is 0 Å². The molecule has 2 N–H and O–H groups in total. The molecule has 0 bridgehead atoms. The number of carbonyl (C=O) groups is 1. The number of nitriles is 1. The van der Waals surface area contributed by atoms with Crippen molar-refractivity contribution >= 4 is 17.3 Å². The summed E-state index contributed by atoms with van der Waals surface area (Å²) >= 11 is 0. The number of nitrogens with zero attached hydrogens (tertiary/aromatic N) is 3. The van der Waals surface area contributed by atoms with Crippen molar-refractivity contribution in [1.82, 2.24) is 0 Å². The Bertz CT molecular complexity index is 1310. The third-order valence-electron chi connectivity index (χ3n) is 6.49. The van der Waals surface area contributed by atoms with E-state index in [4.69, 9.17) is 15.5 Å². The second-order valence-corrected chi connectivity index (χ2v) is 9.40. The van der Waals surface area contributed by atoms with E-state index in [0.717, 1.165) is 22.5 Å². The summed E-state index contributed by atoms with van der Waals surface area (Å²) in [5.74, 6) is 1.04. The molecule has 0 unspecified atom stereocenters. The average molecular weight is 439 g/mol. The van der Waals surface area contributed by atoms with Gasteiger partial charge in [0.1, 0.15) is 11.6 Å². The Morgan fingerprint density at radius 1 is 1.18 bits per heavy atom. The number of hydrogen-bond donors (Lipinski definition) is 1. The fourth-order valence-electron chi connectivity index (χ4n) is 5.21. The predicted molar refractivity (Wildman–Crippen MR) is 128 cm³/mol. The fourth-order valence-corrected chi connectivity index (χ4v) is 5.21. The molecule has 0 saturated heterocycles. The van der Waals surface area contributed by atoms with Crippen molar-refractivity contribution in [2.45, 2.75) is 39.5 Å². The molecule has 1 atom stereocenters. The van der Waals surface area contributed by atoms with E-state index in [0.29, 0.717) is 48.0 Å². The monoisotopic (exact) mass is 438 g/mol. The number of rotatable bonds is 3. The quantitative estimate of drug-likeness (QED) is 0.744. The van der Waals surface area contributed by atoms with Gasteiger partial charge in [-0.1, -0.05) is 44.2 Å². The summed E-state index contributed by atoms with van der Waals surface area (Å²) in [6.07, 6.45) is 1.11. The van der Waals surface area contributed by atoms with E-state index in [9.17, 15) is 10.1 Å². The van der Waals surface area contributed by atoms with Gasteiger partial charge in [-0.15, -0.1) is 0 Å². The molecule has 0 fully saturated rings. The van der Waals surface area contributed by atoms with E-state index in [1.807, 2.05) is 60.4 Å². The van der Waals surface area contributed by atoms with Crippen LogP contribution in [0.4, 0.5) is 5.69 Å². The van der Waals surface area contributed by atoms with Crippen molar-refractivity contribution in [1.29, 1.82) is 5.26 Å². The minimum absolute atomic E-state index is 0.0596. The highest BCUT2D eigenvalue weighted by molar-refractivity contribution is 6.08. The number of para-hydroxylation sites is 2. The van der Waals surface area contributed by atoms with Crippen molar-refractivity contribution in [2.75, 3.05) is 11.5 Å². The third-order valence-corrected chi connectivity index (χ3v) is 6.49. The maximum Gasteiger partial charge on any atom is 0.162 e. The minimum atomic E-state index is -0.551. The molecule has 5 rings (SSSR count). The Labute approximate surface area is 193 Å². The molecule has 0 saturated carbocycles. The molecule has 6 nitrogen and oxygen atoms in total. The second kappa shape index (κ2) is 7.63. The summed E-state index contributed by atoms with van der Waals surface area (Å²) in [4.78, 5) is 20.4. The Morgan fingerprint density at radius 3 is 2.67 bits per heavy atom. The Kier molecular flexibility index (Phi) is 4.86. The van der Waals surface area contributed by atoms with E-state index >= 15 is 0 Å². The normalized spacial score (nSPS) is 21.0. The van der Waals surface area contributed by atoms with Crippen LogP contribution >= 0.6 is 0 Å². The minimum Gasteiger partial charge on any atom is -0.494 e. The maximum absolute atomic E-state index is 13.7. The van der Waals surface area contributed by atoms with Gasteiger partial charge < -0.3 is 10.5 Å². The highest BCUT2D eigenvalue weighted by Crippen LogP contribution is 2.53. The number of aliphatic imine (C=N–C) groups is 1. The first-order valence-corrected chi connectivity index (χ1v) is 11.2. The number of benzene rings is 2. The molecule has 0 radical (unpaired) electrons. The van der Waals surface area contributed by atoms with E-state index in [1.165, 1.54) is 0 Å². The van der Waals surface area contributed by atoms with E-state index in [-0.39, 0.29) is 11.2 Å². The smallest absolute Gasteiger partial charge is 0.162 e. The van der Waals surface area contributed by atoms with Gasteiger partial charge in [-0.3, -0.25) is 9.69 Å². The SMILES string of the molecule is CCOc1ccccc1[C@@H]1C(C#N)=C2N=C(N)c3ccccc3N2C2=C1C(=O)CC(C)(C)C2. The van der Waals surface area contributed by atoms with Gasteiger partial charge in [0.2, 0.25) is 0 Å². The lowest BCUT2D eigenvalue weighted by molar-refractivity contribution is -0.118. The molecule has 2 heterocycles. The van der Waals surface area contributed by atoms with Crippen LogP contribution in [0.15, 0.2) is 76.2 Å². The summed E-state index contributed by atoms with van der Waals surface area (Å²) in [5, 5.41) is 10.4. The van der Waals surface area contributed by atoms with Crippen molar-refractivity contribution in [3.8, 4) is 11.8 Å². The van der Waals surface area contributed by atoms with Crippen molar-refractivity contribution in [2.24, 2.45) is 16.1 Å². The standard InChI is InChI=1S/C27H26N4O2/c1-4-33-22-12-8-6-10-17(22)23-18(15-28)26-30-25(29)16-9-5-7-11-19(16)31(26)20-13-27(2,3)14-21(32)24(20)23/h5-12,23H,4,13-14H2,1-3H3,(H2,29,30)/t23-/m1/s1. The number of ketones is 1. The highest BCUT2D eigenvalue weighted by Gasteiger charge is 2.47. The molecule has 0 amide bonds. The van der Waals surface area contributed by atoms with Crippen LogP contribution in [-0.4, -0.2) is 18.2 Å². The van der Waals surface area contributed by atoms with Crippen LogP contribution in [-0.2, 0) is 4.79 Å². The first-order valence-electron chi connectivity index (χ1n) is 11.2. The molecular formula is C27H26N4O2. The maximum atomic E-state index is 13.7. The summed E-state index contributed by atoms with van der Waals surface area (Å²) in [7, 11) is 0. The van der Waals surface area contributed by atoms with Gasteiger partial charge in [-0.05, 0) is 37.0 Å². The van der Waals surface area contributed by atoms with E-state index in [1.54, 1.807) is 0 Å². The van der Waals surface area contributed by atoms with Crippen LogP contribution in [0.2, 0.25) is 0 Å². The number of nitrogens with two attached hydrogens (primary N) is 1. The summed E-state index contributed by atoms with van der Waals surface area (Å²) in [6, 6.07) is 17.8. The summed E-state index contributed by atoms with van der Waals surface area (Å²) < 4.78 is 5.91. The van der Waals surface area contributed by atoms with Crippen molar-refractivity contribution in [3.05, 3.63) is 82.3 Å². The molecule has 1 aliphatic carbocycles. The van der Waals surface area contributed by atoms with Gasteiger partial charge in [0.05, 0.1) is 29.9 Å². The first kappa shape index (κ1) is 21.0. The molecule has 2 aliphatic heterocycles. The topological polar surface area (TPSA) is 91.7 Å². The highest BCUT2D eigenvalue weighted by atomic mass is 16.5. The van der Waals surface area contributed by atoms with Crippen LogP contribution in [0.1, 0.15) is 50.7 Å². The largest absolute Gasteiger partial charge is 0.494 e. The van der Waals surface area contributed by atoms with Gasteiger partial charge in [-0.25, -0.2) is 4.99 Å². The van der Waals surface area contributed by atoms with Crippen LogP contribution < -0.4 is 15.4 Å². The third kappa shape index (κ3) is 3.23. The lowest BCUT2D eigenvalue weighted by atomic mass is 9.68. The first-order chi connectivity index (χ1) is 15.9. The number of anilines is 1. The summed E-state index contributed by atoms with van der Waals surface area (Å²) in [6.45, 7) is 6.62. The van der Waals surface area contributed by atoms with Crippen LogP contribution in [0.5, 0.6) is 5.75 Å². The number of fused-ring (bicyclic) bond motifs is 4. The zero-order chi connectivity index (χ0) is 23.3. The number of Topliss-reactive ketones (excluding diaryl/α,β-unsaturated/α-hetero) is 1. The lowest BCUT2D eigenvalue weighted by Crippen LogP contribution is -2.42. The molecule has 2 aromatic rings. The van der Waals surface area contributed by atoms with Crippen molar-refractivity contribution in [3.63, 3.8) is 0 Å². The zero-order valence-electron chi connectivity index (χ0n) is 19.1. The predicted octanol–water partition coefficient (Wildman–Crippen LogP) is 4.79. The molecule has 166 valence electrons. The number of hydrogen-bond acceptors (Lipinski definition) is 6. The molecule has 6 heteroatoms. The van der Waals surface area contributed by atoms with Gasteiger partial charge >= 0.3 is 0 Å². The van der Waals surface area contributed by atoms with Gasteiger partial charge in [0.15, 0.2) is 11.6 Å². The molecule has 0 aromatic heterocycles. The van der Waals surface area contributed by atoms with Gasteiger partial charge in [0, 0.05) is 28.8 Å². The summed E-state index contributed by atoms with van der Waals surface area (Å²) in [5.41, 5.74) is 10.6. The lowest BCUT2D eigenvalue weighted by Gasteiger charge is -2.45. The molecule has 0 spiro atoms. The Morgan fingerprint density at radius 2 is 1.91 bits per heavy atom. The average Bonchev–Trinajstić information content (AvgIpc) is 2.78. The van der Waals surface area contributed by atoms with Gasteiger partial charge in [-0.2, -0.15) is 5.26 Å². The molecular weight excluding hydrogens is 412 g/mol. The second-order valence-electron chi connectivity index (χ2n) is 9.40. The van der Waals surface area contributed by atoms with Crippen LogP contribution in [0.25, 0.3) is 0 Å². The van der Waals surface area contributed by atoms with Crippen LogP contribution in [0.3, 0.4) is 0 Å². The van der Waals surface area contributed by atoms with Crippen molar-refractivity contribution < 1.29 is 9.53 Å². The number of allylic oxidation sites excluding steroid dienone is 3. The molecule has 33 heavy (non-hydrogen) atoms. The number of carbonyl (C=O) groups excluding carboxylic acids is 1. The van der Waals surface area contributed by atoms with E-state index < -0.39 is 5.92 Å². The fraction of sp³-hybridized carbons (Fsp3) is 0.296. The zero-order valence-corrected chi connectivity index (χ0v) is 19.1. The van der Waals surface area contributed by atoms with Crippen LogP contribution in [0, 0.1) is 16.7 Å². The number of amidine groups is 1.